The lowest BCUT2D eigenvalue weighted by Gasteiger charge is -2.44. The molecule has 0 N–H and O–H groups in total. The molecule has 1 heterocycles. The van der Waals surface area contributed by atoms with Gasteiger partial charge in [-0.3, -0.25) is 0 Å². The van der Waals surface area contributed by atoms with Crippen molar-refractivity contribution in [2.45, 2.75) is 55.9 Å². The fraction of sp³-hybridized carbons (Fsp3) is 0.316. The fourth-order valence-corrected chi connectivity index (χ4v) is 7.13. The third kappa shape index (κ3) is 7.55. The first-order chi connectivity index (χ1) is 23.1. The molecule has 1 aliphatic carbocycles. The van der Waals surface area contributed by atoms with Crippen LogP contribution in [0.15, 0.2) is 109 Å². The van der Waals surface area contributed by atoms with Gasteiger partial charge in [0.15, 0.2) is 12.2 Å². The Morgan fingerprint density at radius 1 is 0.702 bits per heavy atom. The van der Waals surface area contributed by atoms with Gasteiger partial charge in [0, 0.05) is 5.92 Å². The number of hydrogen-bond acceptors (Lipinski definition) is 9. The normalized spacial score (nSPS) is 21.8. The van der Waals surface area contributed by atoms with Crippen LogP contribution in [0.25, 0.3) is 11.1 Å². The molecule has 0 aromatic heterocycles. The molecule has 0 radical (unpaired) electrons. The zero-order valence-electron chi connectivity index (χ0n) is 26.4. The van der Waals surface area contributed by atoms with Crippen LogP contribution in [0.4, 0.5) is 4.79 Å². The molecule has 244 valence electrons. The van der Waals surface area contributed by atoms with Crippen LogP contribution in [-0.4, -0.2) is 61.4 Å². The molecule has 1 aliphatic heterocycles. The van der Waals surface area contributed by atoms with E-state index in [0.717, 1.165) is 33.4 Å². The second-order valence-electron chi connectivity index (χ2n) is 11.3. The highest BCUT2D eigenvalue weighted by Gasteiger charge is 2.53. The molecule has 6 rings (SSSR count). The van der Waals surface area contributed by atoms with Gasteiger partial charge >= 0.3 is 12.1 Å². The molecule has 1 fully saturated rings. The molecule has 47 heavy (non-hydrogen) atoms. The number of rotatable bonds is 12. The highest BCUT2D eigenvalue weighted by Crippen LogP contribution is 2.44. The van der Waals surface area contributed by atoms with Gasteiger partial charge in [0.2, 0.25) is 0 Å². The van der Waals surface area contributed by atoms with Gasteiger partial charge in [0.1, 0.15) is 24.3 Å². The Labute approximate surface area is 279 Å². The van der Waals surface area contributed by atoms with Crippen molar-refractivity contribution in [2.75, 3.05) is 19.5 Å². The number of esters is 1. The van der Waals surface area contributed by atoms with E-state index < -0.39 is 42.0 Å². The van der Waals surface area contributed by atoms with E-state index in [1.165, 1.54) is 18.9 Å². The minimum Gasteiger partial charge on any atom is -0.467 e. The maximum Gasteiger partial charge on any atom is 0.508 e. The SMILES string of the molecule is CCS[C@H]1O[C@H](C(=O)OC)[C@@H](OC(=O)OCC2c3ccccc3-c3ccccc32)[C@H](OCc2ccccc2)[C@H]1OCc1ccccc1. The smallest absolute Gasteiger partial charge is 0.467 e. The number of fused-ring (bicyclic) bond motifs is 3. The van der Waals surface area contributed by atoms with Crippen LogP contribution in [-0.2, 0) is 46.4 Å². The summed E-state index contributed by atoms with van der Waals surface area (Å²) in [5, 5.41) is 0. The molecule has 9 heteroatoms. The van der Waals surface area contributed by atoms with Crippen molar-refractivity contribution in [1.82, 2.24) is 0 Å². The Morgan fingerprint density at radius 2 is 1.23 bits per heavy atom. The summed E-state index contributed by atoms with van der Waals surface area (Å²) in [7, 11) is 1.27. The van der Waals surface area contributed by atoms with Crippen molar-refractivity contribution < 1.29 is 38.0 Å². The van der Waals surface area contributed by atoms with E-state index in [4.69, 9.17) is 28.4 Å². The maximum atomic E-state index is 13.5. The summed E-state index contributed by atoms with van der Waals surface area (Å²) in [6, 6.07) is 35.6. The maximum absolute atomic E-state index is 13.5. The number of carbonyl (C=O) groups excluding carboxylic acids is 2. The lowest BCUT2D eigenvalue weighted by Crippen LogP contribution is -2.62. The molecule has 0 spiro atoms. The van der Waals surface area contributed by atoms with Crippen molar-refractivity contribution in [1.29, 1.82) is 0 Å². The Hall–Kier alpha value is -4.15. The predicted octanol–water partition coefficient (Wildman–Crippen LogP) is 7.14. The summed E-state index contributed by atoms with van der Waals surface area (Å²) in [5.41, 5.74) is 5.65. The number of methoxy groups -OCH3 is 1. The van der Waals surface area contributed by atoms with Gasteiger partial charge in [0.05, 0.1) is 20.3 Å². The molecule has 2 aliphatic rings. The van der Waals surface area contributed by atoms with Crippen LogP contribution in [0.5, 0.6) is 0 Å². The number of benzene rings is 4. The van der Waals surface area contributed by atoms with Gasteiger partial charge in [-0.15, -0.1) is 11.8 Å². The van der Waals surface area contributed by atoms with Crippen LogP contribution in [0, 0.1) is 0 Å². The molecule has 0 bridgehead atoms. The Balaban J connectivity index is 1.26. The summed E-state index contributed by atoms with van der Waals surface area (Å²) in [6.07, 6.45) is -5.00. The standard InChI is InChI=1S/C38H38O8S/c1-3-47-37-35(43-23-26-16-8-5-9-17-26)32(42-22-25-14-6-4-7-15-25)33(34(45-37)36(39)41-2)46-38(40)44-24-31-29-20-12-10-18-27(29)28-19-11-13-21-30(28)31/h4-21,31-35,37H,3,22-24H2,1-2H3/t32-,33-,34-,35+,37+/m0/s1. The molecule has 5 atom stereocenters. The topological polar surface area (TPSA) is 89.5 Å². The summed E-state index contributed by atoms with van der Waals surface area (Å²) >= 11 is 1.48. The molecule has 0 saturated carbocycles. The fourth-order valence-electron chi connectivity index (χ4n) is 6.18. The summed E-state index contributed by atoms with van der Waals surface area (Å²) in [6.45, 7) is 2.51. The second kappa shape index (κ2) is 15.6. The van der Waals surface area contributed by atoms with Gasteiger partial charge in [0.25, 0.3) is 0 Å². The number of thioether (sulfide) groups is 1. The second-order valence-corrected chi connectivity index (χ2v) is 12.7. The highest BCUT2D eigenvalue weighted by atomic mass is 32.2. The first-order valence-electron chi connectivity index (χ1n) is 15.7. The van der Waals surface area contributed by atoms with Crippen LogP contribution in [0.2, 0.25) is 0 Å². The van der Waals surface area contributed by atoms with E-state index in [9.17, 15) is 9.59 Å². The molecular weight excluding hydrogens is 616 g/mol. The van der Waals surface area contributed by atoms with Crippen LogP contribution in [0.1, 0.15) is 35.1 Å². The average molecular weight is 655 g/mol. The lowest BCUT2D eigenvalue weighted by molar-refractivity contribution is -0.238. The molecule has 8 nitrogen and oxygen atoms in total. The summed E-state index contributed by atoms with van der Waals surface area (Å²) < 4.78 is 36.1. The van der Waals surface area contributed by atoms with Gasteiger partial charge in [-0.1, -0.05) is 116 Å². The van der Waals surface area contributed by atoms with Crippen molar-refractivity contribution in [3.8, 4) is 11.1 Å². The van der Waals surface area contributed by atoms with Crippen LogP contribution >= 0.6 is 11.8 Å². The molecule has 0 unspecified atom stereocenters. The van der Waals surface area contributed by atoms with Gasteiger partial charge < -0.3 is 28.4 Å². The molecular formula is C38H38O8S. The third-order valence-electron chi connectivity index (χ3n) is 8.39. The first-order valence-corrected chi connectivity index (χ1v) is 16.8. The Bertz CT molecular complexity index is 1590. The number of hydrogen-bond donors (Lipinski definition) is 0. The quantitative estimate of drug-likeness (QED) is 0.148. The van der Waals surface area contributed by atoms with E-state index in [1.807, 2.05) is 104 Å². The minimum atomic E-state index is -1.26. The number of ether oxygens (including phenoxy) is 6. The average Bonchev–Trinajstić information content (AvgIpc) is 3.44. The van der Waals surface area contributed by atoms with Crippen molar-refractivity contribution in [3.63, 3.8) is 0 Å². The van der Waals surface area contributed by atoms with Crippen molar-refractivity contribution in [3.05, 3.63) is 131 Å². The summed E-state index contributed by atoms with van der Waals surface area (Å²) in [4.78, 5) is 26.7. The first kappa shape index (κ1) is 32.8. The Kier molecular flexibility index (Phi) is 10.9. The van der Waals surface area contributed by atoms with Gasteiger partial charge in [-0.05, 0) is 39.1 Å². The zero-order chi connectivity index (χ0) is 32.6. The minimum absolute atomic E-state index is 0.0567. The van der Waals surface area contributed by atoms with Crippen molar-refractivity contribution >= 4 is 23.9 Å². The van der Waals surface area contributed by atoms with E-state index >= 15 is 0 Å². The summed E-state index contributed by atoms with van der Waals surface area (Å²) in [5.74, 6) is -0.156. The molecule has 4 aromatic carbocycles. The van der Waals surface area contributed by atoms with E-state index in [0.29, 0.717) is 5.75 Å². The predicted molar refractivity (Wildman–Crippen MR) is 179 cm³/mol. The lowest BCUT2D eigenvalue weighted by atomic mass is 9.98. The van der Waals surface area contributed by atoms with Crippen LogP contribution < -0.4 is 0 Å². The third-order valence-corrected chi connectivity index (χ3v) is 9.43. The molecule has 4 aromatic rings. The number of carbonyl (C=O) groups is 2. The van der Waals surface area contributed by atoms with Gasteiger partial charge in [-0.25, -0.2) is 9.59 Å². The Morgan fingerprint density at radius 3 is 1.79 bits per heavy atom. The zero-order valence-corrected chi connectivity index (χ0v) is 27.2. The monoisotopic (exact) mass is 654 g/mol. The van der Waals surface area contributed by atoms with Crippen molar-refractivity contribution in [2.24, 2.45) is 0 Å². The largest absolute Gasteiger partial charge is 0.508 e. The van der Waals surface area contributed by atoms with E-state index in [2.05, 4.69) is 12.1 Å². The molecule has 1 saturated heterocycles. The molecule has 0 amide bonds. The van der Waals surface area contributed by atoms with E-state index in [-0.39, 0.29) is 25.7 Å². The van der Waals surface area contributed by atoms with Gasteiger partial charge in [-0.2, -0.15) is 0 Å². The van der Waals surface area contributed by atoms with E-state index in [1.54, 1.807) is 0 Å². The van der Waals surface area contributed by atoms with Crippen LogP contribution in [0.3, 0.4) is 0 Å². The highest BCUT2D eigenvalue weighted by molar-refractivity contribution is 7.99.